The maximum absolute atomic E-state index is 13.1. The Bertz CT molecular complexity index is 1010. The average Bonchev–Trinajstić information content (AvgIpc) is 3.11. The molecule has 118 valence electrons. The molecule has 0 saturated carbocycles. The highest BCUT2D eigenvalue weighted by Crippen LogP contribution is 2.25. The van der Waals surface area contributed by atoms with Crippen molar-refractivity contribution in [2.75, 3.05) is 0 Å². The fourth-order valence-electron chi connectivity index (χ4n) is 2.74. The molecule has 4 nitrogen and oxygen atoms in total. The van der Waals surface area contributed by atoms with E-state index in [9.17, 15) is 4.39 Å². The van der Waals surface area contributed by atoms with Gasteiger partial charge < -0.3 is 0 Å². The lowest BCUT2D eigenvalue weighted by atomic mass is 10.1. The van der Waals surface area contributed by atoms with Gasteiger partial charge in [0.15, 0.2) is 0 Å². The molecule has 0 aliphatic carbocycles. The molecule has 4 rings (SSSR count). The van der Waals surface area contributed by atoms with Gasteiger partial charge in [-0.15, -0.1) is 5.10 Å². The summed E-state index contributed by atoms with van der Waals surface area (Å²) in [5.41, 5.74) is 4.36. The molecule has 0 atom stereocenters. The third-order valence-corrected chi connectivity index (χ3v) is 4.01. The first-order chi connectivity index (χ1) is 11.7. The van der Waals surface area contributed by atoms with Gasteiger partial charge in [0.05, 0.1) is 23.1 Å². The smallest absolute Gasteiger partial charge is 0.132 e. The highest BCUT2D eigenvalue weighted by molar-refractivity contribution is 5.82. The van der Waals surface area contributed by atoms with Crippen LogP contribution in [-0.2, 0) is 6.42 Å². The number of aryl methyl sites for hydroxylation is 1. The van der Waals surface area contributed by atoms with Gasteiger partial charge in [-0.25, -0.2) is 14.1 Å². The van der Waals surface area contributed by atoms with E-state index in [1.807, 2.05) is 24.4 Å². The first-order valence-corrected chi connectivity index (χ1v) is 7.82. The molecular formula is C19H15FN4. The van der Waals surface area contributed by atoms with Gasteiger partial charge in [-0.05, 0) is 48.4 Å². The van der Waals surface area contributed by atoms with E-state index in [0.29, 0.717) is 5.69 Å². The van der Waals surface area contributed by atoms with Crippen molar-refractivity contribution in [2.24, 2.45) is 0 Å². The lowest BCUT2D eigenvalue weighted by molar-refractivity contribution is 0.626. The Morgan fingerprint density at radius 2 is 1.83 bits per heavy atom. The fourth-order valence-corrected chi connectivity index (χ4v) is 2.74. The second kappa shape index (κ2) is 5.85. The maximum atomic E-state index is 13.1. The van der Waals surface area contributed by atoms with Gasteiger partial charge in [0.1, 0.15) is 11.5 Å². The topological polar surface area (TPSA) is 43.6 Å². The van der Waals surface area contributed by atoms with Crippen molar-refractivity contribution in [3.63, 3.8) is 0 Å². The van der Waals surface area contributed by atoms with Gasteiger partial charge in [0, 0.05) is 5.39 Å². The third kappa shape index (κ3) is 2.54. The Hall–Kier alpha value is -3.08. The highest BCUT2D eigenvalue weighted by Gasteiger charge is 2.12. The van der Waals surface area contributed by atoms with E-state index in [4.69, 9.17) is 4.98 Å². The molecule has 2 aromatic carbocycles. The summed E-state index contributed by atoms with van der Waals surface area (Å²) >= 11 is 0. The molecule has 0 aliphatic heterocycles. The van der Waals surface area contributed by atoms with Gasteiger partial charge in [0.25, 0.3) is 0 Å². The van der Waals surface area contributed by atoms with E-state index in [2.05, 4.69) is 29.4 Å². The first-order valence-electron chi connectivity index (χ1n) is 7.82. The van der Waals surface area contributed by atoms with Crippen LogP contribution in [0, 0.1) is 5.82 Å². The minimum Gasteiger partial charge on any atom is -0.246 e. The van der Waals surface area contributed by atoms with Crippen LogP contribution in [0.25, 0.3) is 28.0 Å². The molecule has 0 unspecified atom stereocenters. The van der Waals surface area contributed by atoms with Crippen molar-refractivity contribution in [1.82, 2.24) is 20.0 Å². The number of para-hydroxylation sites is 1. The largest absolute Gasteiger partial charge is 0.246 e. The molecule has 5 heteroatoms. The lowest BCUT2D eigenvalue weighted by Gasteiger charge is -2.06. The molecule has 0 radical (unpaired) electrons. The van der Waals surface area contributed by atoms with Gasteiger partial charge >= 0.3 is 0 Å². The Morgan fingerprint density at radius 3 is 2.62 bits per heavy atom. The minimum atomic E-state index is -0.274. The van der Waals surface area contributed by atoms with Crippen LogP contribution in [0.5, 0.6) is 0 Å². The number of fused-ring (bicyclic) bond motifs is 1. The number of nitrogens with zero attached hydrogens (tertiary/aromatic N) is 4. The third-order valence-electron chi connectivity index (χ3n) is 4.01. The molecule has 0 saturated heterocycles. The van der Waals surface area contributed by atoms with E-state index in [0.717, 1.165) is 34.3 Å². The second-order valence-electron chi connectivity index (χ2n) is 5.57. The molecular weight excluding hydrogens is 303 g/mol. The molecule has 4 aromatic rings. The monoisotopic (exact) mass is 318 g/mol. The summed E-state index contributed by atoms with van der Waals surface area (Å²) in [5, 5.41) is 9.52. The number of pyridine rings is 1. The zero-order valence-corrected chi connectivity index (χ0v) is 13.1. The van der Waals surface area contributed by atoms with Crippen LogP contribution in [0.1, 0.15) is 12.5 Å². The van der Waals surface area contributed by atoms with Crippen molar-refractivity contribution in [2.45, 2.75) is 13.3 Å². The highest BCUT2D eigenvalue weighted by atomic mass is 19.1. The minimum absolute atomic E-state index is 0.274. The Kier molecular flexibility index (Phi) is 3.54. The molecule has 0 bridgehead atoms. The molecule has 0 N–H and O–H groups in total. The Labute approximate surface area is 138 Å². The predicted octanol–water partition coefficient (Wildman–Crippen LogP) is 4.18. The Morgan fingerprint density at radius 1 is 1.04 bits per heavy atom. The van der Waals surface area contributed by atoms with Crippen molar-refractivity contribution in [1.29, 1.82) is 0 Å². The number of hydrogen-bond acceptors (Lipinski definition) is 3. The van der Waals surface area contributed by atoms with Crippen molar-refractivity contribution in [3.8, 4) is 17.1 Å². The van der Waals surface area contributed by atoms with Crippen molar-refractivity contribution >= 4 is 10.9 Å². The predicted molar refractivity (Wildman–Crippen MR) is 91.4 cm³/mol. The van der Waals surface area contributed by atoms with E-state index >= 15 is 0 Å². The van der Waals surface area contributed by atoms with Crippen LogP contribution in [-0.4, -0.2) is 20.0 Å². The molecule has 2 heterocycles. The van der Waals surface area contributed by atoms with Crippen LogP contribution in [0.3, 0.4) is 0 Å². The quantitative estimate of drug-likeness (QED) is 0.569. The molecule has 0 amide bonds. The van der Waals surface area contributed by atoms with Gasteiger partial charge in [-0.1, -0.05) is 30.3 Å². The summed E-state index contributed by atoms with van der Waals surface area (Å²) in [4.78, 5) is 4.76. The number of rotatable bonds is 3. The summed E-state index contributed by atoms with van der Waals surface area (Å²) in [6.45, 7) is 2.10. The number of halogens is 1. The van der Waals surface area contributed by atoms with E-state index in [1.54, 1.807) is 16.8 Å². The summed E-state index contributed by atoms with van der Waals surface area (Å²) in [7, 11) is 0. The normalized spacial score (nSPS) is 11.1. The molecule has 0 fully saturated rings. The van der Waals surface area contributed by atoms with E-state index in [1.165, 1.54) is 12.1 Å². The zero-order valence-electron chi connectivity index (χ0n) is 13.1. The standard InChI is InChI=1S/C19H15FN4/c1-2-13-11-14-5-3-4-6-17(14)21-19(13)18-12-24(23-22-18)16-9-7-15(20)8-10-16/h3-12H,2H2,1H3. The molecule has 0 spiro atoms. The van der Waals surface area contributed by atoms with Crippen molar-refractivity contribution < 1.29 is 4.39 Å². The van der Waals surface area contributed by atoms with Crippen LogP contribution < -0.4 is 0 Å². The maximum Gasteiger partial charge on any atom is 0.132 e. The zero-order chi connectivity index (χ0) is 16.5. The molecule has 0 aliphatic rings. The molecule has 2 aromatic heterocycles. The van der Waals surface area contributed by atoms with Crippen LogP contribution in [0.15, 0.2) is 60.8 Å². The molecule has 24 heavy (non-hydrogen) atoms. The van der Waals surface area contributed by atoms with Crippen molar-refractivity contribution in [3.05, 3.63) is 72.2 Å². The van der Waals surface area contributed by atoms with Gasteiger partial charge in [-0.2, -0.15) is 0 Å². The van der Waals surface area contributed by atoms with E-state index in [-0.39, 0.29) is 5.82 Å². The Balaban J connectivity index is 1.81. The van der Waals surface area contributed by atoms with Gasteiger partial charge in [-0.3, -0.25) is 0 Å². The summed E-state index contributed by atoms with van der Waals surface area (Å²) in [6.07, 6.45) is 2.68. The van der Waals surface area contributed by atoms with Gasteiger partial charge in [0.2, 0.25) is 0 Å². The fraction of sp³-hybridized carbons (Fsp3) is 0.105. The number of hydrogen-bond donors (Lipinski definition) is 0. The SMILES string of the molecule is CCc1cc2ccccc2nc1-c1cn(-c2ccc(F)cc2)nn1. The van der Waals surface area contributed by atoms with E-state index < -0.39 is 0 Å². The number of benzene rings is 2. The first kappa shape index (κ1) is 14.5. The average molecular weight is 318 g/mol. The summed E-state index contributed by atoms with van der Waals surface area (Å²) in [5.74, 6) is -0.274. The lowest BCUT2D eigenvalue weighted by Crippen LogP contribution is -1.94. The second-order valence-corrected chi connectivity index (χ2v) is 5.57. The van der Waals surface area contributed by atoms with Crippen LogP contribution in [0.2, 0.25) is 0 Å². The summed E-state index contributed by atoms with van der Waals surface area (Å²) in [6, 6.07) is 16.3. The summed E-state index contributed by atoms with van der Waals surface area (Å²) < 4.78 is 14.7. The van der Waals surface area contributed by atoms with Crippen LogP contribution >= 0.6 is 0 Å². The van der Waals surface area contributed by atoms with Crippen LogP contribution in [0.4, 0.5) is 4.39 Å². The number of aromatic nitrogens is 4.